The fourth-order valence-corrected chi connectivity index (χ4v) is 4.43. The monoisotopic (exact) mass is 467 g/mol. The number of aromatic nitrogens is 4. The van der Waals surface area contributed by atoms with E-state index in [0.717, 1.165) is 16.2 Å². The summed E-state index contributed by atoms with van der Waals surface area (Å²) in [6.07, 6.45) is 3.04. The molecule has 7 nitrogen and oxygen atoms in total. The highest BCUT2D eigenvalue weighted by atomic mass is 35.5. The van der Waals surface area contributed by atoms with Crippen molar-refractivity contribution in [2.75, 3.05) is 12.3 Å². The molecule has 4 rings (SSSR count). The highest BCUT2D eigenvalue weighted by Gasteiger charge is 2.13. The molecule has 2 heterocycles. The lowest BCUT2D eigenvalue weighted by Gasteiger charge is -2.10. The third kappa shape index (κ3) is 4.87. The maximum atomic E-state index is 12.9. The molecule has 0 spiro atoms. The van der Waals surface area contributed by atoms with E-state index < -0.39 is 0 Å². The minimum absolute atomic E-state index is 0.130. The molecule has 1 amide bonds. The van der Waals surface area contributed by atoms with E-state index in [4.69, 9.17) is 11.6 Å². The van der Waals surface area contributed by atoms with E-state index in [2.05, 4.69) is 22.3 Å². The van der Waals surface area contributed by atoms with Crippen molar-refractivity contribution in [2.45, 2.75) is 24.9 Å². The molecular weight excluding hydrogens is 446 g/mol. The second-order valence-electron chi connectivity index (χ2n) is 7.10. The first-order valence-corrected chi connectivity index (χ1v) is 11.6. The number of nitrogens with zero attached hydrogens (tertiary/aromatic N) is 4. The smallest absolute Gasteiger partial charge is 0.264 e. The average Bonchev–Trinajstić information content (AvgIpc) is 3.20. The van der Waals surface area contributed by atoms with Crippen LogP contribution in [-0.2, 0) is 13.1 Å². The van der Waals surface area contributed by atoms with Gasteiger partial charge in [-0.15, -0.1) is 11.8 Å². The van der Waals surface area contributed by atoms with Crippen LogP contribution in [-0.4, -0.2) is 37.5 Å². The molecule has 0 fully saturated rings. The first kappa shape index (κ1) is 22.1. The Hall–Kier alpha value is -3.10. The zero-order valence-electron chi connectivity index (χ0n) is 17.5. The van der Waals surface area contributed by atoms with Gasteiger partial charge in [0.05, 0.1) is 24.8 Å². The number of carbonyl (C=O) groups is 1. The number of rotatable bonds is 8. The van der Waals surface area contributed by atoms with Crippen LogP contribution < -0.4 is 10.9 Å². The zero-order valence-corrected chi connectivity index (χ0v) is 19.1. The number of carbonyl (C=O) groups excluding carboxylic acids is 1. The molecule has 32 heavy (non-hydrogen) atoms. The standard InChI is InChI=1S/C23H22ClN5O2S/c1-2-32-20-9-4-3-8-18(20)22(30)25-10-11-29-21-19(13-27-29)23(31)28(15-26-21)14-16-6-5-7-17(24)12-16/h3-9,12-13,15H,2,10-11,14H2,1H3,(H,25,30). The molecule has 0 aliphatic rings. The Kier molecular flexibility index (Phi) is 6.92. The maximum Gasteiger partial charge on any atom is 0.264 e. The SMILES string of the molecule is CCSc1ccccc1C(=O)NCCn1ncc2c(=O)n(Cc3cccc(Cl)c3)cnc21. The number of fused-ring (bicyclic) bond motifs is 1. The number of halogens is 1. The quantitative estimate of drug-likeness (QED) is 0.398. The summed E-state index contributed by atoms with van der Waals surface area (Å²) in [7, 11) is 0. The van der Waals surface area contributed by atoms with E-state index in [1.54, 1.807) is 22.5 Å². The fourth-order valence-electron chi connectivity index (χ4n) is 3.41. The maximum absolute atomic E-state index is 12.9. The van der Waals surface area contributed by atoms with E-state index in [1.807, 2.05) is 42.5 Å². The van der Waals surface area contributed by atoms with Crippen molar-refractivity contribution in [1.82, 2.24) is 24.6 Å². The van der Waals surface area contributed by atoms with Gasteiger partial charge in [0.1, 0.15) is 11.7 Å². The van der Waals surface area contributed by atoms with E-state index in [-0.39, 0.29) is 11.5 Å². The molecule has 2 aromatic heterocycles. The molecule has 1 N–H and O–H groups in total. The molecule has 0 radical (unpaired) electrons. The van der Waals surface area contributed by atoms with Gasteiger partial charge in [-0.1, -0.05) is 42.8 Å². The van der Waals surface area contributed by atoms with Gasteiger partial charge in [0, 0.05) is 16.5 Å². The molecule has 0 aliphatic carbocycles. The fraction of sp³-hybridized carbons (Fsp3) is 0.217. The van der Waals surface area contributed by atoms with Crippen molar-refractivity contribution in [3.05, 3.63) is 87.6 Å². The summed E-state index contributed by atoms with van der Waals surface area (Å²) in [6, 6.07) is 14.9. The molecule has 4 aromatic rings. The van der Waals surface area contributed by atoms with Gasteiger partial charge in [-0.05, 0) is 35.6 Å². The minimum Gasteiger partial charge on any atom is -0.350 e. The first-order chi connectivity index (χ1) is 15.6. The van der Waals surface area contributed by atoms with Crippen molar-refractivity contribution in [2.24, 2.45) is 0 Å². The topological polar surface area (TPSA) is 81.8 Å². The summed E-state index contributed by atoms with van der Waals surface area (Å²) in [4.78, 5) is 30.8. The summed E-state index contributed by atoms with van der Waals surface area (Å²) < 4.78 is 3.16. The van der Waals surface area contributed by atoms with Crippen LogP contribution >= 0.6 is 23.4 Å². The summed E-state index contributed by atoms with van der Waals surface area (Å²) >= 11 is 7.67. The Balaban J connectivity index is 1.45. The Morgan fingerprint density at radius 1 is 1.19 bits per heavy atom. The Bertz CT molecular complexity index is 1320. The molecule has 0 saturated carbocycles. The number of amides is 1. The summed E-state index contributed by atoms with van der Waals surface area (Å²) in [6.45, 7) is 3.20. The van der Waals surface area contributed by atoms with Crippen molar-refractivity contribution in [1.29, 1.82) is 0 Å². The molecular formula is C23H22ClN5O2S. The highest BCUT2D eigenvalue weighted by Crippen LogP contribution is 2.22. The second-order valence-corrected chi connectivity index (χ2v) is 8.84. The molecule has 0 unspecified atom stereocenters. The van der Waals surface area contributed by atoms with Crippen molar-refractivity contribution in [3.63, 3.8) is 0 Å². The predicted molar refractivity (Wildman–Crippen MR) is 128 cm³/mol. The van der Waals surface area contributed by atoms with Crippen LogP contribution in [0, 0.1) is 0 Å². The van der Waals surface area contributed by atoms with Crippen LogP contribution in [0.2, 0.25) is 5.02 Å². The number of hydrogen-bond donors (Lipinski definition) is 1. The number of nitrogens with one attached hydrogen (secondary N) is 1. The lowest BCUT2D eigenvalue weighted by atomic mass is 10.2. The van der Waals surface area contributed by atoms with Crippen LogP contribution in [0.3, 0.4) is 0 Å². The average molecular weight is 468 g/mol. The van der Waals surface area contributed by atoms with Crippen LogP contribution in [0.15, 0.2) is 70.7 Å². The Morgan fingerprint density at radius 2 is 2.03 bits per heavy atom. The van der Waals surface area contributed by atoms with Crippen molar-refractivity contribution in [3.8, 4) is 0 Å². The van der Waals surface area contributed by atoms with Gasteiger partial charge in [-0.3, -0.25) is 14.2 Å². The lowest BCUT2D eigenvalue weighted by Crippen LogP contribution is -2.28. The molecule has 164 valence electrons. The van der Waals surface area contributed by atoms with Gasteiger partial charge in [0.25, 0.3) is 11.5 Å². The van der Waals surface area contributed by atoms with Crippen molar-refractivity contribution >= 4 is 40.3 Å². The number of thioether (sulfide) groups is 1. The van der Waals surface area contributed by atoms with Crippen LogP contribution in [0.1, 0.15) is 22.8 Å². The summed E-state index contributed by atoms with van der Waals surface area (Å²) in [5.74, 6) is 0.763. The van der Waals surface area contributed by atoms with E-state index in [1.165, 1.54) is 17.1 Å². The molecule has 0 bridgehead atoms. The van der Waals surface area contributed by atoms with Gasteiger partial charge in [0.2, 0.25) is 0 Å². The molecule has 0 aliphatic heterocycles. The predicted octanol–water partition coefficient (Wildman–Crippen LogP) is 3.84. The number of hydrogen-bond acceptors (Lipinski definition) is 5. The Labute approximate surface area is 194 Å². The lowest BCUT2D eigenvalue weighted by molar-refractivity contribution is 0.0949. The van der Waals surface area contributed by atoms with Gasteiger partial charge < -0.3 is 5.32 Å². The molecule has 0 atom stereocenters. The molecule has 0 saturated heterocycles. The van der Waals surface area contributed by atoms with Gasteiger partial charge in [-0.2, -0.15) is 5.10 Å². The van der Waals surface area contributed by atoms with Gasteiger partial charge in [-0.25, -0.2) is 9.67 Å². The van der Waals surface area contributed by atoms with E-state index in [9.17, 15) is 9.59 Å². The second kappa shape index (κ2) is 10.0. The highest BCUT2D eigenvalue weighted by molar-refractivity contribution is 7.99. The largest absolute Gasteiger partial charge is 0.350 e. The van der Waals surface area contributed by atoms with Gasteiger partial charge >= 0.3 is 0 Å². The van der Waals surface area contributed by atoms with Crippen LogP contribution in [0.25, 0.3) is 11.0 Å². The van der Waals surface area contributed by atoms with E-state index in [0.29, 0.717) is 41.3 Å². The number of benzene rings is 2. The zero-order chi connectivity index (χ0) is 22.5. The van der Waals surface area contributed by atoms with Crippen molar-refractivity contribution < 1.29 is 4.79 Å². The summed E-state index contributed by atoms with van der Waals surface area (Å²) in [5.41, 5.74) is 1.90. The first-order valence-electron chi connectivity index (χ1n) is 10.2. The minimum atomic E-state index is -0.171. The normalized spacial score (nSPS) is 11.1. The van der Waals surface area contributed by atoms with Crippen LogP contribution in [0.4, 0.5) is 0 Å². The third-order valence-corrected chi connectivity index (χ3v) is 6.10. The van der Waals surface area contributed by atoms with E-state index >= 15 is 0 Å². The van der Waals surface area contributed by atoms with Gasteiger partial charge in [0.15, 0.2) is 5.65 Å². The van der Waals surface area contributed by atoms with Crippen LogP contribution in [0.5, 0.6) is 0 Å². The molecule has 9 heteroatoms. The Morgan fingerprint density at radius 3 is 2.84 bits per heavy atom. The molecule has 2 aromatic carbocycles. The third-order valence-electron chi connectivity index (χ3n) is 4.90. The summed E-state index contributed by atoms with van der Waals surface area (Å²) in [5, 5.41) is 8.28.